The molecule has 2 aromatic rings. The summed E-state index contributed by atoms with van der Waals surface area (Å²) in [6.07, 6.45) is -0.803. The monoisotopic (exact) mass is 432 g/mol. The van der Waals surface area contributed by atoms with E-state index in [1.165, 1.54) is 21.2 Å². The van der Waals surface area contributed by atoms with Gasteiger partial charge in [-0.15, -0.1) is 0 Å². The number of β-lactam (4-membered cyclic amide) rings is 1. The molecule has 3 aliphatic rings. The van der Waals surface area contributed by atoms with Gasteiger partial charge in [0.15, 0.2) is 0 Å². The van der Waals surface area contributed by atoms with Gasteiger partial charge >= 0.3 is 29.6 Å². The predicted molar refractivity (Wildman–Crippen MR) is 107 cm³/mol. The number of carboxylic acids is 1. The quantitative estimate of drug-likeness (QED) is 0.361. The van der Waals surface area contributed by atoms with Crippen molar-refractivity contribution in [2.24, 2.45) is 11.8 Å². The number of aliphatic hydroxyl groups is 1. The largest absolute Gasteiger partial charge is 1.00 e. The molecule has 1 saturated heterocycles. The fourth-order valence-electron chi connectivity index (χ4n) is 5.07. The molecule has 0 aromatic heterocycles. The van der Waals surface area contributed by atoms with Crippen molar-refractivity contribution in [2.75, 3.05) is 6.54 Å². The fraction of sp³-hybridized carbons (Fsp3) is 0.364. The summed E-state index contributed by atoms with van der Waals surface area (Å²) >= 11 is 1.62. The molecule has 3 heterocycles. The van der Waals surface area contributed by atoms with E-state index in [0.29, 0.717) is 18.7 Å². The van der Waals surface area contributed by atoms with Crippen LogP contribution in [0.1, 0.15) is 19.4 Å². The number of nitrogens with zero attached hydrogens (tertiary/aromatic N) is 2. The summed E-state index contributed by atoms with van der Waals surface area (Å²) in [6, 6.07) is 12.1. The van der Waals surface area contributed by atoms with E-state index in [1.54, 1.807) is 18.9 Å². The number of carboxylic acid groups (broad SMARTS) is 1. The first kappa shape index (κ1) is 21.9. The van der Waals surface area contributed by atoms with Gasteiger partial charge in [0, 0.05) is 29.3 Å². The van der Waals surface area contributed by atoms with Crippen LogP contribution in [0, 0.1) is 11.8 Å². The van der Waals surface area contributed by atoms with Crippen molar-refractivity contribution in [3.63, 3.8) is 0 Å². The van der Waals surface area contributed by atoms with Crippen molar-refractivity contribution in [1.82, 2.24) is 9.21 Å². The Hall–Kier alpha value is -1.35. The Morgan fingerprint density at radius 3 is 2.67 bits per heavy atom. The van der Waals surface area contributed by atoms with Crippen molar-refractivity contribution in [3.05, 3.63) is 53.2 Å². The molecule has 8 heteroatoms. The molecular formula is C22H21N2NaO4S. The Bertz CT molecular complexity index is 1050. The molecule has 1 fully saturated rings. The number of rotatable bonds is 4. The van der Waals surface area contributed by atoms with E-state index >= 15 is 0 Å². The molecule has 0 aliphatic carbocycles. The van der Waals surface area contributed by atoms with Crippen LogP contribution in [0.25, 0.3) is 10.8 Å². The van der Waals surface area contributed by atoms with Crippen molar-refractivity contribution in [3.8, 4) is 0 Å². The van der Waals surface area contributed by atoms with Crippen LogP contribution < -0.4 is 34.7 Å². The first-order chi connectivity index (χ1) is 13.9. The van der Waals surface area contributed by atoms with Crippen LogP contribution in [0.3, 0.4) is 0 Å². The van der Waals surface area contributed by atoms with Gasteiger partial charge in [0.25, 0.3) is 0 Å². The minimum absolute atomic E-state index is 0. The van der Waals surface area contributed by atoms with Crippen molar-refractivity contribution in [1.29, 1.82) is 0 Å². The van der Waals surface area contributed by atoms with Gasteiger partial charge in [-0.1, -0.05) is 37.3 Å². The molecule has 3 aliphatic heterocycles. The zero-order chi connectivity index (χ0) is 20.4. The van der Waals surface area contributed by atoms with Crippen molar-refractivity contribution >= 4 is 34.6 Å². The molecule has 4 unspecified atom stereocenters. The predicted octanol–water partition coefficient (Wildman–Crippen LogP) is -1.47. The maximum absolute atomic E-state index is 12.5. The Labute approximate surface area is 201 Å². The van der Waals surface area contributed by atoms with Gasteiger partial charge < -0.3 is 19.9 Å². The van der Waals surface area contributed by atoms with E-state index < -0.39 is 18.0 Å². The minimum atomic E-state index is -1.32. The zero-order valence-electron chi connectivity index (χ0n) is 17.2. The summed E-state index contributed by atoms with van der Waals surface area (Å²) in [6.45, 7) is 4.64. The summed E-state index contributed by atoms with van der Waals surface area (Å²) in [4.78, 5) is 26.9. The average molecular weight is 432 g/mol. The second-order valence-corrected chi connectivity index (χ2v) is 9.21. The second kappa shape index (κ2) is 7.97. The summed E-state index contributed by atoms with van der Waals surface area (Å²) in [7, 11) is 0. The Balaban J connectivity index is 0.00000218. The van der Waals surface area contributed by atoms with Gasteiger partial charge in [-0.2, -0.15) is 0 Å². The normalized spacial score (nSPS) is 26.3. The van der Waals surface area contributed by atoms with Gasteiger partial charge in [-0.3, -0.25) is 4.79 Å². The minimum Gasteiger partial charge on any atom is -0.543 e. The Morgan fingerprint density at radius 1 is 1.30 bits per heavy atom. The van der Waals surface area contributed by atoms with Gasteiger partial charge in [0.2, 0.25) is 5.91 Å². The van der Waals surface area contributed by atoms with E-state index in [-0.39, 0.29) is 53.1 Å². The van der Waals surface area contributed by atoms with Gasteiger partial charge in [-0.25, -0.2) is 4.31 Å². The summed E-state index contributed by atoms with van der Waals surface area (Å²) in [5.74, 6) is -2.35. The number of hydrogen-bond acceptors (Lipinski definition) is 6. The molecule has 1 N–H and O–H groups in total. The first-order valence-corrected chi connectivity index (χ1v) is 10.5. The third-order valence-electron chi connectivity index (χ3n) is 6.38. The molecule has 0 bridgehead atoms. The van der Waals surface area contributed by atoms with Crippen LogP contribution in [0.5, 0.6) is 0 Å². The number of carbonyl (C=O) groups excluding carboxylic acids is 2. The summed E-state index contributed by atoms with van der Waals surface area (Å²) in [5.41, 5.74) is 1.90. The second-order valence-electron chi connectivity index (χ2n) is 8.08. The number of hydrogen-bond donors (Lipinski definition) is 1. The molecule has 5 rings (SSSR count). The standard InChI is InChI=1S/C22H22N2O4S.Na/c1-11-15(20(22(27)28)24-19(11)17(12(2)25)21(24)26)10-23-9-14-7-3-5-13-6-4-8-16(29-23)18(13)14;/h3-8,11-12,17,19,25H,9-10H2,1-2H3,(H,27,28);/q;+1/p-1. The van der Waals surface area contributed by atoms with Crippen molar-refractivity contribution in [2.45, 2.75) is 37.4 Å². The smallest absolute Gasteiger partial charge is 0.543 e. The Kier molecular flexibility index (Phi) is 5.81. The van der Waals surface area contributed by atoms with E-state index in [0.717, 1.165) is 4.90 Å². The average Bonchev–Trinajstić information content (AvgIpc) is 2.91. The van der Waals surface area contributed by atoms with Crippen molar-refractivity contribution < 1.29 is 49.4 Å². The molecule has 6 nitrogen and oxygen atoms in total. The van der Waals surface area contributed by atoms with Crippen LogP contribution >= 0.6 is 11.9 Å². The number of aliphatic hydroxyl groups excluding tert-OH is 1. The molecular weight excluding hydrogens is 411 g/mol. The number of carbonyl (C=O) groups is 2. The fourth-order valence-corrected chi connectivity index (χ4v) is 6.24. The summed E-state index contributed by atoms with van der Waals surface area (Å²) in [5, 5.41) is 24.4. The SMILES string of the molecule is CC(O)C1C(=O)N2C(C(=O)[O-])=C(CN3Cc4cccc5cccc(c45)S3)C(C)C12.[Na+]. The van der Waals surface area contributed by atoms with E-state index in [4.69, 9.17) is 0 Å². The topological polar surface area (TPSA) is 83.9 Å². The number of aliphatic carboxylic acids is 1. The van der Waals surface area contributed by atoms with E-state index in [9.17, 15) is 19.8 Å². The first-order valence-electron chi connectivity index (χ1n) is 9.77. The number of benzene rings is 2. The maximum atomic E-state index is 12.5. The Morgan fingerprint density at radius 2 is 2.00 bits per heavy atom. The zero-order valence-corrected chi connectivity index (χ0v) is 20.0. The van der Waals surface area contributed by atoms with E-state index in [2.05, 4.69) is 28.6 Å². The molecule has 150 valence electrons. The van der Waals surface area contributed by atoms with Gasteiger partial charge in [-0.05, 0) is 41.5 Å². The number of fused-ring (bicyclic) bond motifs is 1. The van der Waals surface area contributed by atoms with E-state index in [1.807, 2.05) is 19.1 Å². The maximum Gasteiger partial charge on any atom is 1.00 e. The molecule has 30 heavy (non-hydrogen) atoms. The third kappa shape index (κ3) is 3.15. The van der Waals surface area contributed by atoms with Crippen LogP contribution in [-0.4, -0.2) is 44.9 Å². The molecule has 1 amide bonds. The summed E-state index contributed by atoms with van der Waals surface area (Å²) < 4.78 is 2.14. The molecule has 2 aromatic carbocycles. The number of amides is 1. The van der Waals surface area contributed by atoms with Crippen LogP contribution in [0.15, 0.2) is 52.6 Å². The van der Waals surface area contributed by atoms with Crippen LogP contribution in [0.4, 0.5) is 0 Å². The van der Waals surface area contributed by atoms with Crippen LogP contribution in [0.2, 0.25) is 0 Å². The molecule has 0 spiro atoms. The van der Waals surface area contributed by atoms with Crippen LogP contribution in [-0.2, 0) is 16.1 Å². The third-order valence-corrected chi connectivity index (χ3v) is 7.44. The molecule has 0 radical (unpaired) electrons. The van der Waals surface area contributed by atoms with Gasteiger partial charge in [0.05, 0.1) is 29.7 Å². The molecule has 4 atom stereocenters. The molecule has 0 saturated carbocycles. The van der Waals surface area contributed by atoms with Gasteiger partial charge in [0.1, 0.15) is 0 Å².